The van der Waals surface area contributed by atoms with Crippen molar-refractivity contribution in [3.05, 3.63) is 27.7 Å². The fourth-order valence-corrected chi connectivity index (χ4v) is 2.18. The highest BCUT2D eigenvalue weighted by atomic mass is 16.6. The van der Waals surface area contributed by atoms with E-state index in [-0.39, 0.29) is 24.9 Å². The molecule has 1 aliphatic heterocycles. The molecule has 1 saturated heterocycles. The molecule has 0 radical (unpaired) electrons. The van der Waals surface area contributed by atoms with Crippen molar-refractivity contribution >= 4 is 23.8 Å². The van der Waals surface area contributed by atoms with E-state index in [1.54, 1.807) is 18.0 Å². The Balaban J connectivity index is 2.27. The highest BCUT2D eigenvalue weighted by Gasteiger charge is 2.25. The van der Waals surface area contributed by atoms with Crippen molar-refractivity contribution in [2.24, 2.45) is 0 Å². The number of likely N-dealkylation sites (N-methyl/N-ethyl adjacent to an activating group) is 1. The number of hydrogen-bond donors (Lipinski definition) is 0. The molecule has 1 aliphatic rings. The number of ether oxygens (including phenoxy) is 1. The molecule has 1 fully saturated rings. The van der Waals surface area contributed by atoms with E-state index in [9.17, 15) is 19.7 Å². The van der Waals surface area contributed by atoms with Gasteiger partial charge in [0, 0.05) is 32.2 Å². The summed E-state index contributed by atoms with van der Waals surface area (Å²) in [5.41, 5.74) is 0.553. The number of esters is 1. The molecular weight excluding hydrogens is 292 g/mol. The molecule has 1 aromatic heterocycles. The molecule has 22 heavy (non-hydrogen) atoms. The molecule has 0 atom stereocenters. The first-order valence-electron chi connectivity index (χ1n) is 6.69. The quantitative estimate of drug-likeness (QED) is 0.341. The molecular formula is C13H16N4O5. The van der Waals surface area contributed by atoms with Gasteiger partial charge in [0.1, 0.15) is 19.3 Å². The van der Waals surface area contributed by atoms with Crippen LogP contribution in [0.5, 0.6) is 0 Å². The van der Waals surface area contributed by atoms with Crippen molar-refractivity contribution in [2.75, 3.05) is 20.2 Å². The van der Waals surface area contributed by atoms with E-state index < -0.39 is 10.9 Å². The van der Waals surface area contributed by atoms with Crippen LogP contribution in [-0.4, -0.2) is 51.5 Å². The van der Waals surface area contributed by atoms with E-state index in [0.717, 1.165) is 6.20 Å². The zero-order valence-electron chi connectivity index (χ0n) is 12.3. The predicted molar refractivity (Wildman–Crippen MR) is 75.7 cm³/mol. The average Bonchev–Trinajstić information content (AvgIpc) is 2.98. The largest absolute Gasteiger partial charge is 0.462 e. The molecule has 0 N–H and O–H groups in total. The van der Waals surface area contributed by atoms with Crippen molar-refractivity contribution in [2.45, 2.75) is 19.9 Å². The van der Waals surface area contributed by atoms with E-state index in [2.05, 4.69) is 4.98 Å². The Morgan fingerprint density at radius 2 is 2.32 bits per heavy atom. The van der Waals surface area contributed by atoms with Gasteiger partial charge in [-0.3, -0.25) is 9.59 Å². The monoisotopic (exact) mass is 308 g/mol. The van der Waals surface area contributed by atoms with Crippen molar-refractivity contribution in [1.29, 1.82) is 0 Å². The highest BCUT2D eigenvalue weighted by Crippen LogP contribution is 2.21. The van der Waals surface area contributed by atoms with E-state index in [0.29, 0.717) is 24.4 Å². The fourth-order valence-electron chi connectivity index (χ4n) is 2.18. The number of nitro groups is 1. The first-order chi connectivity index (χ1) is 10.4. The third kappa shape index (κ3) is 3.30. The van der Waals surface area contributed by atoms with Gasteiger partial charge in [-0.2, -0.15) is 0 Å². The van der Waals surface area contributed by atoms with Gasteiger partial charge in [-0.1, -0.05) is 0 Å². The van der Waals surface area contributed by atoms with Crippen molar-refractivity contribution in [3.63, 3.8) is 0 Å². The molecule has 1 aromatic rings. The molecule has 0 aliphatic carbocycles. The van der Waals surface area contributed by atoms with Crippen LogP contribution in [0, 0.1) is 10.1 Å². The Morgan fingerprint density at radius 3 is 2.86 bits per heavy atom. The van der Waals surface area contributed by atoms with Gasteiger partial charge in [0.15, 0.2) is 0 Å². The molecule has 0 bridgehead atoms. The van der Waals surface area contributed by atoms with Crippen LogP contribution in [0.4, 0.5) is 5.82 Å². The SMILES string of the molecule is CC(=O)OCCn1c([N+](=O)[O-])cnc1/C=C1\CCN(C)C1=O. The summed E-state index contributed by atoms with van der Waals surface area (Å²) >= 11 is 0. The Labute approximate surface area is 126 Å². The van der Waals surface area contributed by atoms with Crippen LogP contribution in [-0.2, 0) is 20.9 Å². The Kier molecular flexibility index (Phi) is 4.54. The summed E-state index contributed by atoms with van der Waals surface area (Å²) in [5, 5.41) is 11.0. The van der Waals surface area contributed by atoms with Crippen LogP contribution in [0.15, 0.2) is 11.8 Å². The lowest BCUT2D eigenvalue weighted by Gasteiger charge is -2.05. The van der Waals surface area contributed by atoms with Crippen LogP contribution in [0.2, 0.25) is 0 Å². The second-order valence-corrected chi connectivity index (χ2v) is 4.87. The molecule has 2 rings (SSSR count). The van der Waals surface area contributed by atoms with E-state index in [1.807, 2.05) is 0 Å². The zero-order chi connectivity index (χ0) is 16.3. The van der Waals surface area contributed by atoms with E-state index in [1.165, 1.54) is 11.5 Å². The second-order valence-electron chi connectivity index (χ2n) is 4.87. The van der Waals surface area contributed by atoms with Crippen LogP contribution < -0.4 is 0 Å². The molecule has 0 unspecified atom stereocenters. The number of rotatable bonds is 5. The first-order valence-corrected chi connectivity index (χ1v) is 6.69. The summed E-state index contributed by atoms with van der Waals surface area (Å²) in [7, 11) is 1.69. The molecule has 0 spiro atoms. The number of carbonyl (C=O) groups excluding carboxylic acids is 2. The van der Waals surface area contributed by atoms with E-state index in [4.69, 9.17) is 4.74 Å². The second kappa shape index (κ2) is 6.37. The minimum absolute atomic E-state index is 0.00342. The predicted octanol–water partition coefficient (Wildman–Crippen LogP) is 0.600. The first kappa shape index (κ1) is 15.7. The maximum atomic E-state index is 11.9. The number of hydrogen-bond acceptors (Lipinski definition) is 6. The Bertz CT molecular complexity index is 649. The van der Waals surface area contributed by atoms with Crippen molar-refractivity contribution in [3.8, 4) is 0 Å². The maximum absolute atomic E-state index is 11.9. The van der Waals surface area contributed by atoms with Gasteiger partial charge in [-0.15, -0.1) is 0 Å². The summed E-state index contributed by atoms with van der Waals surface area (Å²) in [6.45, 7) is 1.97. The van der Waals surface area contributed by atoms with E-state index >= 15 is 0 Å². The number of likely N-dealkylation sites (tertiary alicyclic amines) is 1. The number of nitrogens with zero attached hydrogens (tertiary/aromatic N) is 4. The Morgan fingerprint density at radius 1 is 1.59 bits per heavy atom. The lowest BCUT2D eigenvalue weighted by Crippen LogP contribution is -2.19. The summed E-state index contributed by atoms with van der Waals surface area (Å²) in [4.78, 5) is 38.7. The number of imidazole rings is 1. The molecule has 0 aromatic carbocycles. The highest BCUT2D eigenvalue weighted by molar-refractivity contribution is 5.99. The molecule has 9 nitrogen and oxygen atoms in total. The summed E-state index contributed by atoms with van der Waals surface area (Å²) in [6.07, 6.45) is 3.25. The minimum Gasteiger partial charge on any atom is -0.462 e. The van der Waals surface area contributed by atoms with Crippen LogP contribution in [0.1, 0.15) is 19.2 Å². The van der Waals surface area contributed by atoms with Crippen LogP contribution in [0.3, 0.4) is 0 Å². The van der Waals surface area contributed by atoms with Gasteiger partial charge in [0.05, 0.1) is 0 Å². The topological polar surface area (TPSA) is 108 Å². The van der Waals surface area contributed by atoms with Crippen molar-refractivity contribution < 1.29 is 19.2 Å². The fraction of sp³-hybridized carbons (Fsp3) is 0.462. The van der Waals surface area contributed by atoms with Crippen molar-refractivity contribution in [1.82, 2.24) is 14.5 Å². The number of carbonyl (C=O) groups is 2. The average molecular weight is 308 g/mol. The van der Waals surface area contributed by atoms with Gasteiger partial charge in [-0.05, 0) is 11.3 Å². The van der Waals surface area contributed by atoms with Crippen LogP contribution in [0.25, 0.3) is 6.08 Å². The lowest BCUT2D eigenvalue weighted by molar-refractivity contribution is -0.392. The molecule has 118 valence electrons. The molecule has 9 heteroatoms. The standard InChI is InChI=1S/C13H16N4O5/c1-9(18)22-6-5-16-11(14-8-12(16)17(20)21)7-10-3-4-15(2)13(10)19/h7-8H,3-6H2,1-2H3/b10-7+. The minimum atomic E-state index is -0.564. The third-order valence-electron chi connectivity index (χ3n) is 3.31. The smallest absolute Gasteiger partial charge is 0.343 e. The molecule has 0 saturated carbocycles. The summed E-state index contributed by atoms with van der Waals surface area (Å²) in [5.74, 6) is -0.484. The lowest BCUT2D eigenvalue weighted by atomic mass is 10.2. The maximum Gasteiger partial charge on any atom is 0.343 e. The normalized spacial score (nSPS) is 16.4. The van der Waals surface area contributed by atoms with Gasteiger partial charge >= 0.3 is 11.8 Å². The number of amides is 1. The van der Waals surface area contributed by atoms with Gasteiger partial charge in [0.25, 0.3) is 0 Å². The van der Waals surface area contributed by atoms with Gasteiger partial charge in [-0.25, -0.2) is 9.55 Å². The number of aromatic nitrogens is 2. The summed E-state index contributed by atoms with van der Waals surface area (Å²) in [6, 6.07) is 0. The third-order valence-corrected chi connectivity index (χ3v) is 3.31. The zero-order valence-corrected chi connectivity index (χ0v) is 12.3. The van der Waals surface area contributed by atoms with Gasteiger partial charge in [0.2, 0.25) is 11.7 Å². The molecule has 2 heterocycles. The summed E-state index contributed by atoms with van der Waals surface area (Å²) < 4.78 is 6.13. The van der Waals surface area contributed by atoms with Crippen LogP contribution >= 0.6 is 0 Å². The molecule has 1 amide bonds. The Hall–Kier alpha value is -2.71. The van der Waals surface area contributed by atoms with Gasteiger partial charge < -0.3 is 19.8 Å².